The Morgan fingerprint density at radius 3 is 2.06 bits per heavy atom. The van der Waals surface area contributed by atoms with Gasteiger partial charge in [0.1, 0.15) is 11.2 Å². The summed E-state index contributed by atoms with van der Waals surface area (Å²) in [5.41, 5.74) is -0.529. The van der Waals surface area contributed by atoms with Crippen molar-refractivity contribution < 1.29 is 14.2 Å². The zero-order valence-electron chi connectivity index (χ0n) is 10.3. The molecule has 0 aromatic heterocycles. The highest BCUT2D eigenvalue weighted by Gasteiger charge is 2.51. The third kappa shape index (κ3) is 2.02. The van der Waals surface area contributed by atoms with Crippen molar-refractivity contribution in [3.05, 3.63) is 12.2 Å². The van der Waals surface area contributed by atoms with E-state index in [9.17, 15) is 0 Å². The molecular weight excluding hydrogens is 206 g/mol. The van der Waals surface area contributed by atoms with Crippen LogP contribution in [0.5, 0.6) is 0 Å². The number of rotatable bonds is 5. The fourth-order valence-electron chi connectivity index (χ4n) is 2.87. The molecule has 4 heteroatoms. The molecule has 0 radical (unpaired) electrons. The number of ether oxygens (including phenoxy) is 3. The molecule has 2 aliphatic heterocycles. The smallest absolute Gasteiger partial charge is 0.112 e. The highest BCUT2D eigenvalue weighted by atomic mass is 16.6. The van der Waals surface area contributed by atoms with E-state index in [-0.39, 0.29) is 11.2 Å². The van der Waals surface area contributed by atoms with Crippen LogP contribution in [0.3, 0.4) is 0 Å². The Morgan fingerprint density at radius 2 is 1.69 bits per heavy atom. The molecule has 0 spiro atoms. The maximum atomic E-state index is 6.18. The lowest BCUT2D eigenvalue weighted by Gasteiger charge is -2.43. The summed E-state index contributed by atoms with van der Waals surface area (Å²) in [6, 6.07) is 0.453. The van der Waals surface area contributed by atoms with E-state index in [0.717, 1.165) is 12.8 Å². The molecule has 1 saturated heterocycles. The van der Waals surface area contributed by atoms with Crippen LogP contribution in [0.25, 0.3) is 0 Å². The molecule has 4 nitrogen and oxygen atoms in total. The largest absolute Gasteiger partial charge is 0.381 e. The number of hydrogen-bond acceptors (Lipinski definition) is 4. The van der Waals surface area contributed by atoms with Crippen molar-refractivity contribution in [3.63, 3.8) is 0 Å². The van der Waals surface area contributed by atoms with E-state index in [0.29, 0.717) is 19.3 Å². The lowest BCUT2D eigenvalue weighted by molar-refractivity contribution is -0.172. The molecule has 0 saturated carbocycles. The molecule has 1 fully saturated rings. The molecule has 1 N–H and O–H groups in total. The third-order valence-electron chi connectivity index (χ3n) is 3.47. The van der Waals surface area contributed by atoms with Crippen LogP contribution in [0.15, 0.2) is 12.2 Å². The second-order valence-electron chi connectivity index (χ2n) is 4.82. The Kier molecular flexibility index (Phi) is 3.35. The van der Waals surface area contributed by atoms with Crippen LogP contribution in [-0.4, -0.2) is 51.7 Å². The Bertz CT molecular complexity index is 257. The third-order valence-corrected chi connectivity index (χ3v) is 3.47. The van der Waals surface area contributed by atoms with Gasteiger partial charge in [-0.2, -0.15) is 0 Å². The Labute approximate surface area is 96.9 Å². The van der Waals surface area contributed by atoms with Crippen LogP contribution in [0.1, 0.15) is 12.8 Å². The van der Waals surface area contributed by atoms with Gasteiger partial charge in [-0.3, -0.25) is 0 Å². The number of nitrogens with one attached hydrogen (secondary N) is 1. The first kappa shape index (κ1) is 12.0. The zero-order chi connectivity index (χ0) is 11.6. The molecule has 2 unspecified atom stereocenters. The van der Waals surface area contributed by atoms with Gasteiger partial charge in [0, 0.05) is 20.3 Å². The minimum atomic E-state index is -0.265. The van der Waals surface area contributed by atoms with E-state index in [1.807, 2.05) is 7.05 Å². The summed E-state index contributed by atoms with van der Waals surface area (Å²) < 4.78 is 16.7. The Morgan fingerprint density at radius 1 is 1.19 bits per heavy atom. The fourth-order valence-corrected chi connectivity index (χ4v) is 2.87. The Hall–Kier alpha value is -0.420. The monoisotopic (exact) mass is 227 g/mol. The SMILES string of the molecule is CNC1CC2(COC)C=CC(COC)(C1)O2. The van der Waals surface area contributed by atoms with E-state index in [4.69, 9.17) is 14.2 Å². The molecule has 92 valence electrons. The second-order valence-corrected chi connectivity index (χ2v) is 4.82. The summed E-state index contributed by atoms with van der Waals surface area (Å²) in [6.45, 7) is 1.21. The quantitative estimate of drug-likeness (QED) is 0.703. The van der Waals surface area contributed by atoms with Gasteiger partial charge < -0.3 is 19.5 Å². The predicted molar refractivity (Wildman–Crippen MR) is 61.5 cm³/mol. The van der Waals surface area contributed by atoms with Gasteiger partial charge in [-0.05, 0) is 19.9 Å². The first-order valence-electron chi connectivity index (χ1n) is 5.73. The summed E-state index contributed by atoms with van der Waals surface area (Å²) in [4.78, 5) is 0. The topological polar surface area (TPSA) is 39.7 Å². The van der Waals surface area contributed by atoms with Crippen LogP contribution in [0.4, 0.5) is 0 Å². The normalized spacial score (nSPS) is 41.6. The molecule has 0 aliphatic carbocycles. The van der Waals surface area contributed by atoms with Gasteiger partial charge in [-0.25, -0.2) is 0 Å². The van der Waals surface area contributed by atoms with Gasteiger partial charge in [0.05, 0.1) is 13.2 Å². The zero-order valence-corrected chi connectivity index (χ0v) is 10.3. The van der Waals surface area contributed by atoms with Crippen LogP contribution >= 0.6 is 0 Å². The van der Waals surface area contributed by atoms with Gasteiger partial charge in [-0.1, -0.05) is 12.2 Å². The van der Waals surface area contributed by atoms with Crippen LogP contribution in [-0.2, 0) is 14.2 Å². The standard InChI is InChI=1S/C12H21NO3/c1-13-10-6-11(8-14-2)4-5-12(7-10,16-11)9-15-3/h4-5,10,13H,6-9H2,1-3H3. The van der Waals surface area contributed by atoms with E-state index in [1.165, 1.54) is 0 Å². The van der Waals surface area contributed by atoms with Crippen LogP contribution in [0, 0.1) is 0 Å². The second kappa shape index (κ2) is 4.45. The van der Waals surface area contributed by atoms with E-state index in [1.54, 1.807) is 14.2 Å². The average Bonchev–Trinajstić information content (AvgIpc) is 2.52. The predicted octanol–water partition coefficient (Wildman–Crippen LogP) is 0.725. The highest BCUT2D eigenvalue weighted by Crippen LogP contribution is 2.43. The number of methoxy groups -OCH3 is 2. The van der Waals surface area contributed by atoms with Crippen LogP contribution < -0.4 is 5.32 Å². The molecule has 2 heterocycles. The molecule has 2 rings (SSSR count). The Balaban J connectivity index is 2.16. The van der Waals surface area contributed by atoms with Crippen molar-refractivity contribution in [1.82, 2.24) is 5.32 Å². The van der Waals surface area contributed by atoms with E-state index < -0.39 is 0 Å². The highest BCUT2D eigenvalue weighted by molar-refractivity contribution is 5.23. The summed E-state index contributed by atoms with van der Waals surface area (Å²) in [5.74, 6) is 0. The first-order valence-corrected chi connectivity index (χ1v) is 5.73. The van der Waals surface area contributed by atoms with Gasteiger partial charge in [0.15, 0.2) is 0 Å². The van der Waals surface area contributed by atoms with E-state index in [2.05, 4.69) is 17.5 Å². The van der Waals surface area contributed by atoms with Crippen molar-refractivity contribution in [2.45, 2.75) is 30.1 Å². The van der Waals surface area contributed by atoms with Crippen molar-refractivity contribution in [1.29, 1.82) is 0 Å². The molecule has 2 atom stereocenters. The van der Waals surface area contributed by atoms with Crippen molar-refractivity contribution in [2.75, 3.05) is 34.5 Å². The van der Waals surface area contributed by atoms with Gasteiger partial charge in [0.2, 0.25) is 0 Å². The fraction of sp³-hybridized carbons (Fsp3) is 0.833. The molecular formula is C12H21NO3. The van der Waals surface area contributed by atoms with Crippen molar-refractivity contribution >= 4 is 0 Å². The van der Waals surface area contributed by atoms with Gasteiger partial charge in [0.25, 0.3) is 0 Å². The van der Waals surface area contributed by atoms with Crippen molar-refractivity contribution in [3.8, 4) is 0 Å². The minimum absolute atomic E-state index is 0.265. The maximum absolute atomic E-state index is 6.18. The van der Waals surface area contributed by atoms with Gasteiger partial charge >= 0.3 is 0 Å². The lowest BCUT2D eigenvalue weighted by atomic mass is 9.88. The maximum Gasteiger partial charge on any atom is 0.112 e. The molecule has 2 aliphatic rings. The van der Waals surface area contributed by atoms with Crippen molar-refractivity contribution in [2.24, 2.45) is 0 Å². The lowest BCUT2D eigenvalue weighted by Crippen LogP contribution is -2.54. The molecule has 2 bridgehead atoms. The summed E-state index contributed by atoms with van der Waals surface area (Å²) in [6.07, 6.45) is 6.21. The number of hydrogen-bond donors (Lipinski definition) is 1. The molecule has 0 aromatic rings. The van der Waals surface area contributed by atoms with Gasteiger partial charge in [-0.15, -0.1) is 0 Å². The van der Waals surface area contributed by atoms with Crippen LogP contribution in [0.2, 0.25) is 0 Å². The average molecular weight is 227 g/mol. The molecule has 16 heavy (non-hydrogen) atoms. The number of fused-ring (bicyclic) bond motifs is 2. The summed E-state index contributed by atoms with van der Waals surface area (Å²) in [7, 11) is 5.42. The summed E-state index contributed by atoms with van der Waals surface area (Å²) >= 11 is 0. The summed E-state index contributed by atoms with van der Waals surface area (Å²) in [5, 5.41) is 3.34. The molecule has 0 aromatic carbocycles. The first-order chi connectivity index (χ1) is 7.67. The minimum Gasteiger partial charge on any atom is -0.381 e. The molecule has 0 amide bonds. The van der Waals surface area contributed by atoms with E-state index >= 15 is 0 Å².